The molecule has 1 aromatic heterocycles. The predicted octanol–water partition coefficient (Wildman–Crippen LogP) is 3.83. The molecule has 1 atom stereocenters. The summed E-state index contributed by atoms with van der Waals surface area (Å²) in [6, 6.07) is 11.3. The molecule has 0 aliphatic heterocycles. The zero-order chi connectivity index (χ0) is 21.1. The average molecular weight is 394 g/mol. The fraction of sp³-hybridized carbons (Fsp3) is 0.227. The number of aryl methyl sites for hydroxylation is 3. The number of carbonyl (C=O) groups is 2. The minimum Gasteiger partial charge on any atom is -0.481 e. The molecule has 0 radical (unpaired) electrons. The van der Waals surface area contributed by atoms with Crippen molar-refractivity contribution in [2.24, 2.45) is 0 Å². The van der Waals surface area contributed by atoms with Crippen molar-refractivity contribution in [1.29, 1.82) is 0 Å². The largest absolute Gasteiger partial charge is 0.481 e. The Hall–Kier alpha value is -3.61. The van der Waals surface area contributed by atoms with Crippen LogP contribution in [-0.4, -0.2) is 18.0 Å². The first kappa shape index (κ1) is 20.1. The van der Waals surface area contributed by atoms with Crippen molar-refractivity contribution in [1.82, 2.24) is 5.32 Å². The van der Waals surface area contributed by atoms with Crippen molar-refractivity contribution in [3.63, 3.8) is 0 Å². The van der Waals surface area contributed by atoms with Crippen molar-refractivity contribution >= 4 is 28.6 Å². The highest BCUT2D eigenvalue weighted by atomic mass is 16.5. The molecule has 7 nitrogen and oxygen atoms in total. The van der Waals surface area contributed by atoms with Crippen LogP contribution in [-0.2, 0) is 4.79 Å². The number of hydrogen-bond acceptors (Lipinski definition) is 5. The first-order valence-corrected chi connectivity index (χ1v) is 9.13. The number of rotatable bonds is 4. The Balaban J connectivity index is 1.65. The third-order valence-electron chi connectivity index (χ3n) is 4.47. The van der Waals surface area contributed by atoms with Crippen LogP contribution in [0, 0.1) is 20.8 Å². The van der Waals surface area contributed by atoms with Crippen LogP contribution in [0.1, 0.15) is 23.6 Å². The van der Waals surface area contributed by atoms with E-state index in [0.29, 0.717) is 17.0 Å². The highest BCUT2D eigenvalue weighted by molar-refractivity contribution is 6.02. The SMILES string of the molecule is Cc1ccc(NC(=O)NC(=O)[C@@H](C)Oc2ccc3c(C)cc(=O)oc3c2)c(C)c1. The van der Waals surface area contributed by atoms with Crippen LogP contribution in [0.15, 0.2) is 51.7 Å². The Morgan fingerprint density at radius 1 is 1.00 bits per heavy atom. The van der Waals surface area contributed by atoms with E-state index in [-0.39, 0.29) is 0 Å². The van der Waals surface area contributed by atoms with E-state index in [1.807, 2.05) is 32.9 Å². The molecule has 0 spiro atoms. The molecule has 0 aliphatic rings. The summed E-state index contributed by atoms with van der Waals surface area (Å²) in [5, 5.41) is 5.69. The molecule has 0 saturated carbocycles. The van der Waals surface area contributed by atoms with Crippen LogP contribution in [0.5, 0.6) is 5.75 Å². The van der Waals surface area contributed by atoms with Gasteiger partial charge in [-0.1, -0.05) is 17.7 Å². The molecule has 0 aliphatic carbocycles. The topological polar surface area (TPSA) is 97.6 Å². The summed E-state index contributed by atoms with van der Waals surface area (Å²) in [7, 11) is 0. The zero-order valence-corrected chi connectivity index (χ0v) is 16.7. The van der Waals surface area contributed by atoms with Gasteiger partial charge >= 0.3 is 11.7 Å². The predicted molar refractivity (Wildman–Crippen MR) is 110 cm³/mol. The number of anilines is 1. The minimum atomic E-state index is -0.936. The van der Waals surface area contributed by atoms with Gasteiger partial charge in [-0.2, -0.15) is 0 Å². The number of ether oxygens (including phenoxy) is 1. The molecule has 2 aromatic carbocycles. The Kier molecular flexibility index (Phi) is 5.68. The highest BCUT2D eigenvalue weighted by Gasteiger charge is 2.18. The summed E-state index contributed by atoms with van der Waals surface area (Å²) in [5.41, 5.74) is 3.29. The van der Waals surface area contributed by atoms with Crippen LogP contribution in [0.4, 0.5) is 10.5 Å². The van der Waals surface area contributed by atoms with Gasteiger partial charge in [0.2, 0.25) is 0 Å². The number of carbonyl (C=O) groups excluding carboxylic acids is 2. The summed E-state index contributed by atoms with van der Waals surface area (Å²) >= 11 is 0. The van der Waals surface area contributed by atoms with Crippen molar-refractivity contribution in [2.75, 3.05) is 5.32 Å². The van der Waals surface area contributed by atoms with Gasteiger partial charge in [-0.3, -0.25) is 10.1 Å². The smallest absolute Gasteiger partial charge is 0.336 e. The van der Waals surface area contributed by atoms with Gasteiger partial charge in [-0.05, 0) is 57.0 Å². The molecule has 0 fully saturated rings. The maximum atomic E-state index is 12.3. The molecule has 150 valence electrons. The third-order valence-corrected chi connectivity index (χ3v) is 4.47. The zero-order valence-electron chi connectivity index (χ0n) is 16.7. The molecule has 1 heterocycles. The van der Waals surface area contributed by atoms with Crippen LogP contribution < -0.4 is 21.0 Å². The Labute approximate surface area is 167 Å². The van der Waals surface area contributed by atoms with Crippen molar-refractivity contribution in [3.05, 3.63) is 69.6 Å². The molecular formula is C22H22N2O5. The Morgan fingerprint density at radius 3 is 2.48 bits per heavy atom. The lowest BCUT2D eigenvalue weighted by Gasteiger charge is -2.15. The molecule has 7 heteroatoms. The van der Waals surface area contributed by atoms with Gasteiger partial charge in [0.1, 0.15) is 11.3 Å². The first-order chi connectivity index (χ1) is 13.7. The van der Waals surface area contributed by atoms with Gasteiger partial charge < -0.3 is 14.5 Å². The van der Waals surface area contributed by atoms with Crippen LogP contribution >= 0.6 is 0 Å². The third kappa shape index (κ3) is 4.82. The Morgan fingerprint density at radius 2 is 1.76 bits per heavy atom. The number of fused-ring (bicyclic) bond motifs is 1. The normalized spacial score (nSPS) is 11.7. The number of urea groups is 1. The standard InChI is InChI=1S/C22H22N2O5/c1-12-5-8-18(14(3)9-12)23-22(27)24-21(26)15(4)28-16-6-7-17-13(2)10-20(25)29-19(17)11-16/h5-11,15H,1-4H3,(H2,23,24,26,27)/t15-/m1/s1. The summed E-state index contributed by atoms with van der Waals surface area (Å²) in [6.07, 6.45) is -0.936. The summed E-state index contributed by atoms with van der Waals surface area (Å²) in [6.45, 7) is 7.16. The highest BCUT2D eigenvalue weighted by Crippen LogP contribution is 2.23. The van der Waals surface area contributed by atoms with Crippen molar-refractivity contribution in [2.45, 2.75) is 33.8 Å². The number of imide groups is 1. The lowest BCUT2D eigenvalue weighted by molar-refractivity contribution is -0.126. The summed E-state index contributed by atoms with van der Waals surface area (Å²) in [5.74, 6) is -0.248. The number of hydrogen-bond donors (Lipinski definition) is 2. The Bertz CT molecular complexity index is 1150. The second kappa shape index (κ2) is 8.18. The van der Waals surface area contributed by atoms with Crippen LogP contribution in [0.2, 0.25) is 0 Å². The number of benzene rings is 2. The van der Waals surface area contributed by atoms with Crippen LogP contribution in [0.3, 0.4) is 0 Å². The molecule has 0 saturated heterocycles. The van der Waals surface area contributed by atoms with Gasteiger partial charge in [0.25, 0.3) is 5.91 Å². The van der Waals surface area contributed by atoms with Crippen LogP contribution in [0.25, 0.3) is 11.0 Å². The van der Waals surface area contributed by atoms with E-state index in [9.17, 15) is 14.4 Å². The fourth-order valence-electron chi connectivity index (χ4n) is 2.96. The average Bonchev–Trinajstić information content (AvgIpc) is 2.63. The molecular weight excluding hydrogens is 372 g/mol. The van der Waals surface area contributed by atoms with E-state index in [1.165, 1.54) is 13.0 Å². The van der Waals surface area contributed by atoms with Gasteiger partial charge in [0, 0.05) is 23.2 Å². The number of amides is 3. The molecule has 3 aromatic rings. The summed E-state index contributed by atoms with van der Waals surface area (Å²) < 4.78 is 10.8. The van der Waals surface area contributed by atoms with Gasteiger partial charge in [0.15, 0.2) is 6.10 Å². The van der Waals surface area contributed by atoms with Gasteiger partial charge in [0.05, 0.1) is 0 Å². The van der Waals surface area contributed by atoms with Gasteiger partial charge in [-0.15, -0.1) is 0 Å². The lowest BCUT2D eigenvalue weighted by Crippen LogP contribution is -2.42. The molecule has 2 N–H and O–H groups in total. The summed E-state index contributed by atoms with van der Waals surface area (Å²) in [4.78, 5) is 36.0. The van der Waals surface area contributed by atoms with Crippen molar-refractivity contribution < 1.29 is 18.7 Å². The van der Waals surface area contributed by atoms with E-state index < -0.39 is 23.7 Å². The second-order valence-corrected chi connectivity index (χ2v) is 6.93. The molecule has 3 rings (SSSR count). The molecule has 0 bridgehead atoms. The fourth-order valence-corrected chi connectivity index (χ4v) is 2.96. The second-order valence-electron chi connectivity index (χ2n) is 6.93. The maximum Gasteiger partial charge on any atom is 0.336 e. The van der Waals surface area contributed by atoms with E-state index in [0.717, 1.165) is 22.1 Å². The minimum absolute atomic E-state index is 0.351. The van der Waals surface area contributed by atoms with Gasteiger partial charge in [-0.25, -0.2) is 9.59 Å². The van der Waals surface area contributed by atoms with E-state index in [2.05, 4.69) is 10.6 Å². The number of nitrogens with one attached hydrogen (secondary N) is 2. The van der Waals surface area contributed by atoms with Crippen molar-refractivity contribution in [3.8, 4) is 5.75 Å². The molecule has 0 unspecified atom stereocenters. The quantitative estimate of drug-likeness (QED) is 0.656. The molecule has 29 heavy (non-hydrogen) atoms. The lowest BCUT2D eigenvalue weighted by atomic mass is 10.1. The molecule has 3 amide bonds. The maximum absolute atomic E-state index is 12.3. The first-order valence-electron chi connectivity index (χ1n) is 9.13. The van der Waals surface area contributed by atoms with E-state index in [4.69, 9.17) is 9.15 Å². The van der Waals surface area contributed by atoms with E-state index >= 15 is 0 Å². The van der Waals surface area contributed by atoms with E-state index in [1.54, 1.807) is 24.3 Å². The monoisotopic (exact) mass is 394 g/mol.